The molecule has 18 heavy (non-hydrogen) atoms. The van der Waals surface area contributed by atoms with Crippen LogP contribution in [-0.4, -0.2) is 5.51 Å². The first-order valence-electron chi connectivity index (χ1n) is 5.55. The molecule has 0 radical (unpaired) electrons. The third-order valence-electron chi connectivity index (χ3n) is 2.83. The summed E-state index contributed by atoms with van der Waals surface area (Å²) < 4.78 is 36.4. The second-order valence-corrected chi connectivity index (χ2v) is 5.54. The van der Waals surface area contributed by atoms with Crippen molar-refractivity contribution in [2.75, 3.05) is 0 Å². The minimum atomic E-state index is -4.22. The first-order chi connectivity index (χ1) is 7.94. The van der Waals surface area contributed by atoms with Crippen LogP contribution in [-0.2, 0) is 0 Å². The number of benzene rings is 1. The number of rotatable bonds is 4. The largest absolute Gasteiger partial charge is 0.446 e. The summed E-state index contributed by atoms with van der Waals surface area (Å²) in [4.78, 5) is 0.208. The van der Waals surface area contributed by atoms with Crippen molar-refractivity contribution in [1.82, 2.24) is 0 Å². The highest BCUT2D eigenvalue weighted by atomic mass is 35.5. The highest BCUT2D eigenvalue weighted by Gasteiger charge is 2.29. The zero-order valence-electron chi connectivity index (χ0n) is 9.61. The van der Waals surface area contributed by atoms with E-state index in [0.29, 0.717) is 5.92 Å². The van der Waals surface area contributed by atoms with Gasteiger partial charge in [0.05, 0.1) is 0 Å². The van der Waals surface area contributed by atoms with Gasteiger partial charge in [-0.25, -0.2) is 0 Å². The van der Waals surface area contributed by atoms with Crippen molar-refractivity contribution in [3.8, 4) is 0 Å². The van der Waals surface area contributed by atoms with Crippen molar-refractivity contribution in [2.45, 2.75) is 35.7 Å². The smallest absolute Gasteiger partial charge is 0.324 e. The zero-order chi connectivity index (χ0) is 12.5. The number of alkyl halides is 3. The van der Waals surface area contributed by atoms with Gasteiger partial charge in [0.25, 0.3) is 0 Å². The van der Waals surface area contributed by atoms with E-state index in [-0.39, 0.29) is 35.1 Å². The van der Waals surface area contributed by atoms with Gasteiger partial charge in [-0.05, 0) is 41.8 Å². The van der Waals surface area contributed by atoms with Gasteiger partial charge in [0, 0.05) is 10.9 Å². The molecule has 102 valence electrons. The molecule has 0 amide bonds. The van der Waals surface area contributed by atoms with Crippen molar-refractivity contribution < 1.29 is 13.2 Å². The van der Waals surface area contributed by atoms with E-state index in [4.69, 9.17) is 5.73 Å². The molecule has 0 bridgehead atoms. The third-order valence-corrected chi connectivity index (χ3v) is 3.57. The lowest BCUT2D eigenvalue weighted by Gasteiger charge is -2.12. The van der Waals surface area contributed by atoms with E-state index in [0.717, 1.165) is 12.0 Å². The molecule has 0 saturated heterocycles. The second-order valence-electron chi connectivity index (χ2n) is 4.40. The molecule has 6 heteroatoms. The molecule has 0 heterocycles. The Bertz CT molecular complexity index is 376. The molecule has 1 aromatic rings. The van der Waals surface area contributed by atoms with Crippen molar-refractivity contribution in [2.24, 2.45) is 11.7 Å². The summed E-state index contributed by atoms with van der Waals surface area (Å²) in [5.41, 5.74) is 2.68. The minimum absolute atomic E-state index is 0. The number of nitrogens with two attached hydrogens (primary N) is 1. The van der Waals surface area contributed by atoms with E-state index in [1.54, 1.807) is 12.1 Å². The van der Waals surface area contributed by atoms with E-state index in [2.05, 4.69) is 0 Å². The van der Waals surface area contributed by atoms with E-state index in [9.17, 15) is 13.2 Å². The Morgan fingerprint density at radius 1 is 1.22 bits per heavy atom. The monoisotopic (exact) mass is 297 g/mol. The Morgan fingerprint density at radius 2 is 1.78 bits per heavy atom. The number of hydrogen-bond donors (Lipinski definition) is 1. The number of thioether (sulfide) groups is 1. The van der Waals surface area contributed by atoms with Crippen LogP contribution in [0.3, 0.4) is 0 Å². The van der Waals surface area contributed by atoms with Gasteiger partial charge in [-0.15, -0.1) is 12.4 Å². The van der Waals surface area contributed by atoms with Crippen molar-refractivity contribution in [3.63, 3.8) is 0 Å². The average molecular weight is 298 g/mol. The van der Waals surface area contributed by atoms with Gasteiger partial charge >= 0.3 is 5.51 Å². The Labute approximate surface area is 115 Å². The van der Waals surface area contributed by atoms with Crippen LogP contribution in [0.25, 0.3) is 0 Å². The molecule has 0 aromatic heterocycles. The quantitative estimate of drug-likeness (QED) is 0.827. The van der Waals surface area contributed by atoms with Gasteiger partial charge in [-0.3, -0.25) is 0 Å². The summed E-state index contributed by atoms with van der Waals surface area (Å²) in [6, 6.07) is 6.32. The standard InChI is InChI=1S/C12H14F3NS.ClH/c13-12(14,15)17-10-5-3-9(4-6-10)11(16)7-8-1-2-8;/h3-6,8,11H,1-2,7,16H2;1H/t11-;/m0./s1. The van der Waals surface area contributed by atoms with Crippen LogP contribution in [0.5, 0.6) is 0 Å². The Kier molecular flexibility index (Phi) is 5.37. The molecule has 1 atom stereocenters. The summed E-state index contributed by atoms with van der Waals surface area (Å²) >= 11 is -0.0934. The van der Waals surface area contributed by atoms with Gasteiger partial charge in [-0.1, -0.05) is 25.0 Å². The predicted octanol–water partition coefficient (Wildman–Crippen LogP) is 4.52. The Hall–Kier alpha value is -0.390. The molecular weight excluding hydrogens is 283 g/mol. The average Bonchev–Trinajstić information content (AvgIpc) is 3.00. The molecule has 2 N–H and O–H groups in total. The van der Waals surface area contributed by atoms with Gasteiger partial charge in [0.2, 0.25) is 0 Å². The van der Waals surface area contributed by atoms with Crippen molar-refractivity contribution in [3.05, 3.63) is 29.8 Å². The van der Waals surface area contributed by atoms with Crippen molar-refractivity contribution in [1.29, 1.82) is 0 Å². The first kappa shape index (κ1) is 15.7. The van der Waals surface area contributed by atoms with Crippen LogP contribution in [0.2, 0.25) is 0 Å². The zero-order valence-corrected chi connectivity index (χ0v) is 11.2. The molecule has 1 saturated carbocycles. The summed E-state index contributed by atoms with van der Waals surface area (Å²) in [7, 11) is 0. The van der Waals surface area contributed by atoms with Gasteiger partial charge in [-0.2, -0.15) is 13.2 Å². The van der Waals surface area contributed by atoms with Crippen LogP contribution in [0.4, 0.5) is 13.2 Å². The number of hydrogen-bond acceptors (Lipinski definition) is 2. The molecule has 0 aliphatic heterocycles. The summed E-state index contributed by atoms with van der Waals surface area (Å²) in [5, 5.41) is 0. The molecule has 1 nitrogen and oxygen atoms in total. The second kappa shape index (κ2) is 6.17. The molecule has 1 aliphatic rings. The Morgan fingerprint density at radius 3 is 2.22 bits per heavy atom. The fourth-order valence-corrected chi connectivity index (χ4v) is 2.30. The highest BCUT2D eigenvalue weighted by Crippen LogP contribution is 2.39. The van der Waals surface area contributed by atoms with E-state index >= 15 is 0 Å². The van der Waals surface area contributed by atoms with E-state index in [1.807, 2.05) is 0 Å². The maximum absolute atomic E-state index is 12.1. The summed E-state index contributed by atoms with van der Waals surface area (Å²) in [6.07, 6.45) is 3.40. The fraction of sp³-hybridized carbons (Fsp3) is 0.500. The molecule has 1 aliphatic carbocycles. The minimum Gasteiger partial charge on any atom is -0.324 e. The fourth-order valence-electron chi connectivity index (χ4n) is 1.77. The van der Waals surface area contributed by atoms with Gasteiger partial charge < -0.3 is 5.73 Å². The molecule has 2 rings (SSSR count). The molecular formula is C12H15ClF3NS. The Balaban J connectivity index is 0.00000162. The van der Waals surface area contributed by atoms with E-state index in [1.165, 1.54) is 25.0 Å². The lowest BCUT2D eigenvalue weighted by molar-refractivity contribution is -0.0328. The third kappa shape index (κ3) is 5.08. The SMILES string of the molecule is Cl.N[C@@H](CC1CC1)c1ccc(SC(F)(F)F)cc1. The van der Waals surface area contributed by atoms with Gasteiger partial charge in [0.1, 0.15) is 0 Å². The van der Waals surface area contributed by atoms with Crippen LogP contribution >= 0.6 is 24.2 Å². The highest BCUT2D eigenvalue weighted by molar-refractivity contribution is 8.00. The molecule has 0 unspecified atom stereocenters. The van der Waals surface area contributed by atoms with E-state index < -0.39 is 5.51 Å². The topological polar surface area (TPSA) is 26.0 Å². The van der Waals surface area contributed by atoms with Crippen LogP contribution in [0, 0.1) is 5.92 Å². The molecule has 1 aromatic carbocycles. The van der Waals surface area contributed by atoms with Gasteiger partial charge in [0.15, 0.2) is 0 Å². The maximum atomic E-state index is 12.1. The number of halogens is 4. The van der Waals surface area contributed by atoms with Crippen LogP contribution in [0.15, 0.2) is 29.2 Å². The lowest BCUT2D eigenvalue weighted by Crippen LogP contribution is -2.10. The van der Waals surface area contributed by atoms with Crippen molar-refractivity contribution >= 4 is 24.2 Å². The summed E-state index contributed by atoms with van der Waals surface area (Å²) in [6.45, 7) is 0. The van der Waals surface area contributed by atoms with Crippen LogP contribution in [0.1, 0.15) is 30.9 Å². The van der Waals surface area contributed by atoms with Crippen LogP contribution < -0.4 is 5.73 Å². The maximum Gasteiger partial charge on any atom is 0.446 e. The predicted molar refractivity (Wildman–Crippen MR) is 69.9 cm³/mol. The lowest BCUT2D eigenvalue weighted by atomic mass is 10.0. The molecule has 0 spiro atoms. The summed E-state index contributed by atoms with van der Waals surface area (Å²) in [5.74, 6) is 0.717. The first-order valence-corrected chi connectivity index (χ1v) is 6.37. The molecule has 1 fully saturated rings. The normalized spacial score (nSPS) is 17.1.